The first-order chi connectivity index (χ1) is 19.3. The maximum absolute atomic E-state index is 13.8. The van der Waals surface area contributed by atoms with Crippen LogP contribution in [-0.2, 0) is 39.9 Å². The van der Waals surface area contributed by atoms with Crippen LogP contribution in [0.15, 0.2) is 30.4 Å². The van der Waals surface area contributed by atoms with Gasteiger partial charge in [-0.1, -0.05) is 19.9 Å². The Labute approximate surface area is 238 Å². The van der Waals surface area contributed by atoms with Crippen LogP contribution in [0.5, 0.6) is 0 Å². The van der Waals surface area contributed by atoms with E-state index in [1.165, 1.54) is 24.8 Å². The third kappa shape index (κ3) is 10.6. The van der Waals surface area contributed by atoms with Crippen molar-refractivity contribution >= 4 is 29.7 Å². The molecule has 226 valence electrons. The highest BCUT2D eigenvalue weighted by molar-refractivity contribution is 5.94. The molecule has 1 aliphatic heterocycles. The molecule has 1 aromatic rings. The van der Waals surface area contributed by atoms with Gasteiger partial charge in [-0.05, 0) is 62.3 Å². The van der Waals surface area contributed by atoms with Gasteiger partial charge in [-0.15, -0.1) is 0 Å². The number of allylic oxidation sites excluding steroid dienone is 1. The molecule has 1 fully saturated rings. The molecule has 0 aliphatic carbocycles. The lowest BCUT2D eigenvalue weighted by molar-refractivity contribution is -0.163. The molecular formula is C29H39F2N3O7. The fourth-order valence-corrected chi connectivity index (χ4v) is 4.48. The molecule has 0 bridgehead atoms. The first kappa shape index (κ1) is 33.4. The minimum Gasteiger partial charge on any atom is -0.467 e. The van der Waals surface area contributed by atoms with E-state index in [4.69, 9.17) is 9.47 Å². The van der Waals surface area contributed by atoms with Gasteiger partial charge >= 0.3 is 11.9 Å². The summed E-state index contributed by atoms with van der Waals surface area (Å²) in [6, 6.07) is -0.918. The van der Waals surface area contributed by atoms with Gasteiger partial charge in [0.1, 0.15) is 29.8 Å². The van der Waals surface area contributed by atoms with Crippen molar-refractivity contribution in [2.24, 2.45) is 5.92 Å². The van der Waals surface area contributed by atoms with Gasteiger partial charge in [-0.25, -0.2) is 18.4 Å². The summed E-state index contributed by atoms with van der Waals surface area (Å²) in [7, 11) is 1.08. The molecule has 1 unspecified atom stereocenters. The average Bonchev–Trinajstić information content (AvgIpc) is 3.39. The maximum atomic E-state index is 13.8. The largest absolute Gasteiger partial charge is 0.467 e. The van der Waals surface area contributed by atoms with Gasteiger partial charge in [0.15, 0.2) is 6.04 Å². The van der Waals surface area contributed by atoms with Crippen LogP contribution in [0.4, 0.5) is 8.78 Å². The SMILES string of the molecule is COC(=O)[C@@H](NC(=O)[C@H](Cc1cc(F)cc(F)c1)NC(=O)/C=C/CCC(C)C)[C@@H](C)OC(=O)C1CCCN1C(C)=O. The number of nitrogens with zero attached hydrogens (tertiary/aromatic N) is 1. The molecule has 0 aromatic heterocycles. The van der Waals surface area contributed by atoms with Crippen molar-refractivity contribution in [3.8, 4) is 0 Å². The van der Waals surface area contributed by atoms with E-state index in [2.05, 4.69) is 10.6 Å². The van der Waals surface area contributed by atoms with E-state index in [-0.39, 0.29) is 17.9 Å². The number of ether oxygens (including phenoxy) is 2. The van der Waals surface area contributed by atoms with Gasteiger partial charge < -0.3 is 25.0 Å². The Morgan fingerprint density at radius 2 is 1.73 bits per heavy atom. The van der Waals surface area contributed by atoms with E-state index in [0.717, 1.165) is 25.7 Å². The molecule has 10 nitrogen and oxygen atoms in total. The summed E-state index contributed by atoms with van der Waals surface area (Å²) in [6.45, 7) is 7.18. The molecule has 12 heteroatoms. The predicted octanol–water partition coefficient (Wildman–Crippen LogP) is 2.58. The van der Waals surface area contributed by atoms with Gasteiger partial charge in [0.2, 0.25) is 17.7 Å². The molecule has 0 radical (unpaired) electrons. The summed E-state index contributed by atoms with van der Waals surface area (Å²) >= 11 is 0. The van der Waals surface area contributed by atoms with Gasteiger partial charge in [0.05, 0.1) is 7.11 Å². The summed E-state index contributed by atoms with van der Waals surface area (Å²) in [4.78, 5) is 64.6. The number of benzene rings is 1. The van der Waals surface area contributed by atoms with Crippen LogP contribution >= 0.6 is 0 Å². The molecule has 1 heterocycles. The Bertz CT molecular complexity index is 1120. The molecule has 1 aromatic carbocycles. The smallest absolute Gasteiger partial charge is 0.332 e. The molecule has 3 amide bonds. The quantitative estimate of drug-likeness (QED) is 0.271. The summed E-state index contributed by atoms with van der Waals surface area (Å²) in [6.07, 6.45) is 3.88. The third-order valence-corrected chi connectivity index (χ3v) is 6.63. The fourth-order valence-electron chi connectivity index (χ4n) is 4.48. The van der Waals surface area contributed by atoms with Crippen LogP contribution in [-0.4, -0.2) is 72.4 Å². The van der Waals surface area contributed by atoms with E-state index >= 15 is 0 Å². The highest BCUT2D eigenvalue weighted by Crippen LogP contribution is 2.20. The number of rotatable bonds is 13. The second-order valence-corrected chi connectivity index (χ2v) is 10.4. The minimum absolute atomic E-state index is 0.0892. The van der Waals surface area contributed by atoms with E-state index < -0.39 is 59.6 Å². The van der Waals surface area contributed by atoms with Crippen LogP contribution in [0.25, 0.3) is 0 Å². The van der Waals surface area contributed by atoms with Crippen molar-refractivity contribution < 1.29 is 42.2 Å². The van der Waals surface area contributed by atoms with E-state index in [1.807, 2.05) is 13.8 Å². The standard InChI is InChI=1S/C29H39F2N3O7/c1-17(2)9-6-7-11-25(36)32-23(15-20-13-21(30)16-22(31)14-20)27(37)33-26(29(39)40-5)18(3)41-28(38)24-10-8-12-34(24)19(4)35/h7,11,13-14,16-18,23-24,26H,6,8-10,12,15H2,1-5H3,(H,32,36)(H,33,37)/b11-7+/t18-,23+,24?,26+/m1/s1. The maximum Gasteiger partial charge on any atom is 0.332 e. The summed E-state index contributed by atoms with van der Waals surface area (Å²) in [5.41, 5.74) is 0.0892. The highest BCUT2D eigenvalue weighted by atomic mass is 19.1. The first-order valence-corrected chi connectivity index (χ1v) is 13.6. The lowest BCUT2D eigenvalue weighted by Crippen LogP contribution is -2.56. The molecule has 2 N–H and O–H groups in total. The van der Waals surface area contributed by atoms with Crippen molar-refractivity contribution in [3.05, 3.63) is 47.5 Å². The normalized spacial score (nSPS) is 17.2. The van der Waals surface area contributed by atoms with E-state index in [1.54, 1.807) is 6.08 Å². The number of carbonyl (C=O) groups excluding carboxylic acids is 5. The zero-order chi connectivity index (χ0) is 30.7. The number of likely N-dealkylation sites (tertiary alicyclic amines) is 1. The number of methoxy groups -OCH3 is 1. The van der Waals surface area contributed by atoms with Crippen molar-refractivity contribution in [1.29, 1.82) is 0 Å². The second-order valence-electron chi connectivity index (χ2n) is 10.4. The van der Waals surface area contributed by atoms with Gasteiger partial charge in [0, 0.05) is 26.0 Å². The van der Waals surface area contributed by atoms with Crippen molar-refractivity contribution in [1.82, 2.24) is 15.5 Å². The first-order valence-electron chi connectivity index (χ1n) is 13.6. The molecule has 2 rings (SSSR count). The Morgan fingerprint density at radius 1 is 1.07 bits per heavy atom. The van der Waals surface area contributed by atoms with Crippen LogP contribution in [0.1, 0.15) is 58.9 Å². The Balaban J connectivity index is 2.22. The van der Waals surface area contributed by atoms with Crippen LogP contribution < -0.4 is 10.6 Å². The minimum atomic E-state index is -1.48. The van der Waals surface area contributed by atoms with Crippen molar-refractivity contribution in [2.75, 3.05) is 13.7 Å². The number of hydrogen-bond acceptors (Lipinski definition) is 7. The van der Waals surface area contributed by atoms with Gasteiger partial charge in [-0.3, -0.25) is 14.4 Å². The third-order valence-electron chi connectivity index (χ3n) is 6.63. The van der Waals surface area contributed by atoms with Crippen LogP contribution in [0.2, 0.25) is 0 Å². The number of carbonyl (C=O) groups is 5. The summed E-state index contributed by atoms with van der Waals surface area (Å²) in [5, 5.41) is 4.95. The topological polar surface area (TPSA) is 131 Å². The number of nitrogens with one attached hydrogen (secondary N) is 2. The average molecular weight is 580 g/mol. The summed E-state index contributed by atoms with van der Waals surface area (Å²) < 4.78 is 37.9. The number of hydrogen-bond donors (Lipinski definition) is 2. The monoisotopic (exact) mass is 579 g/mol. The molecule has 4 atom stereocenters. The van der Waals surface area contributed by atoms with Crippen LogP contribution in [0.3, 0.4) is 0 Å². The summed E-state index contributed by atoms with van der Waals surface area (Å²) in [5.74, 6) is -4.75. The number of halogens is 2. The predicted molar refractivity (Wildman–Crippen MR) is 145 cm³/mol. The van der Waals surface area contributed by atoms with Crippen molar-refractivity contribution in [3.63, 3.8) is 0 Å². The molecule has 41 heavy (non-hydrogen) atoms. The Kier molecular flexibility index (Phi) is 12.9. The zero-order valence-corrected chi connectivity index (χ0v) is 24.1. The molecule has 1 aliphatic rings. The van der Waals surface area contributed by atoms with Crippen molar-refractivity contribution in [2.45, 2.75) is 84.0 Å². The molecule has 0 saturated carbocycles. The highest BCUT2D eigenvalue weighted by Gasteiger charge is 2.38. The second kappa shape index (κ2) is 15.8. The van der Waals surface area contributed by atoms with E-state index in [9.17, 15) is 32.8 Å². The zero-order valence-electron chi connectivity index (χ0n) is 24.1. The van der Waals surface area contributed by atoms with Gasteiger partial charge in [-0.2, -0.15) is 0 Å². The Morgan fingerprint density at radius 3 is 2.32 bits per heavy atom. The Hall–Kier alpha value is -3.83. The van der Waals surface area contributed by atoms with Crippen LogP contribution in [0, 0.1) is 17.6 Å². The fraction of sp³-hybridized carbons (Fsp3) is 0.552. The van der Waals surface area contributed by atoms with Gasteiger partial charge in [0.25, 0.3) is 0 Å². The number of amides is 3. The lowest BCUT2D eigenvalue weighted by Gasteiger charge is -2.28. The van der Waals surface area contributed by atoms with E-state index in [0.29, 0.717) is 37.8 Å². The number of esters is 2. The molecule has 0 spiro atoms. The lowest BCUT2D eigenvalue weighted by atomic mass is 10.0. The molecular weight excluding hydrogens is 540 g/mol. The molecule has 1 saturated heterocycles.